The largest absolute Gasteiger partial charge is 0.444 e. The van der Waals surface area contributed by atoms with Crippen molar-refractivity contribution in [3.05, 3.63) is 23.5 Å². The van der Waals surface area contributed by atoms with E-state index in [0.717, 1.165) is 12.1 Å². The van der Waals surface area contributed by atoms with Crippen molar-refractivity contribution in [2.45, 2.75) is 38.8 Å². The lowest BCUT2D eigenvalue weighted by atomic mass is 10.2. The lowest BCUT2D eigenvalue weighted by Crippen LogP contribution is -2.36. The number of aromatic nitrogens is 1. The highest BCUT2D eigenvalue weighted by molar-refractivity contribution is 6.31. The van der Waals surface area contributed by atoms with E-state index in [-0.39, 0.29) is 12.1 Å². The number of likely N-dealkylation sites (tertiary alicyclic amines) is 1. The maximum Gasteiger partial charge on any atom is 0.410 e. The van der Waals surface area contributed by atoms with Crippen molar-refractivity contribution in [3.63, 3.8) is 0 Å². The number of rotatable bonds is 2. The molecule has 0 aromatic carbocycles. The molecule has 0 aliphatic carbocycles. The smallest absolute Gasteiger partial charge is 0.410 e. The van der Waals surface area contributed by atoms with E-state index in [1.165, 1.54) is 0 Å². The van der Waals surface area contributed by atoms with Crippen molar-refractivity contribution in [3.8, 4) is 0 Å². The SMILES string of the molecule is CC(C)(C)OC(=O)N1CCC(Nc2cccnc2Cl)C1. The van der Waals surface area contributed by atoms with Gasteiger partial charge in [0.2, 0.25) is 0 Å². The molecule has 6 heteroatoms. The Kier molecular flexibility index (Phi) is 4.38. The van der Waals surface area contributed by atoms with E-state index < -0.39 is 5.60 Å². The van der Waals surface area contributed by atoms with Crippen molar-refractivity contribution < 1.29 is 9.53 Å². The molecule has 1 fully saturated rings. The monoisotopic (exact) mass is 297 g/mol. The molecule has 0 spiro atoms. The Balaban J connectivity index is 1.90. The summed E-state index contributed by atoms with van der Waals surface area (Å²) in [5.41, 5.74) is 0.333. The molecule has 0 bridgehead atoms. The summed E-state index contributed by atoms with van der Waals surface area (Å²) >= 11 is 6.01. The zero-order chi connectivity index (χ0) is 14.8. The molecule has 20 heavy (non-hydrogen) atoms. The second-order valence-corrected chi connectivity index (χ2v) is 6.26. The maximum absolute atomic E-state index is 12.0. The number of anilines is 1. The minimum atomic E-state index is -0.463. The third kappa shape index (κ3) is 4.00. The Labute approximate surface area is 124 Å². The highest BCUT2D eigenvalue weighted by Gasteiger charge is 2.29. The Hall–Kier alpha value is -1.49. The molecular formula is C14H20ClN3O2. The number of amides is 1. The fourth-order valence-corrected chi connectivity index (χ4v) is 2.26. The number of ether oxygens (including phenoxy) is 1. The normalized spacial score (nSPS) is 19.0. The number of hydrogen-bond acceptors (Lipinski definition) is 4. The van der Waals surface area contributed by atoms with Crippen molar-refractivity contribution in [1.29, 1.82) is 0 Å². The number of hydrogen-bond donors (Lipinski definition) is 1. The van der Waals surface area contributed by atoms with Crippen LogP contribution in [0.3, 0.4) is 0 Å². The van der Waals surface area contributed by atoms with Crippen LogP contribution >= 0.6 is 11.6 Å². The first kappa shape index (κ1) is 14.9. The molecule has 1 saturated heterocycles. The summed E-state index contributed by atoms with van der Waals surface area (Å²) in [7, 11) is 0. The lowest BCUT2D eigenvalue weighted by Gasteiger charge is -2.24. The first-order valence-electron chi connectivity index (χ1n) is 6.70. The van der Waals surface area contributed by atoms with Gasteiger partial charge in [0.25, 0.3) is 0 Å². The zero-order valence-corrected chi connectivity index (χ0v) is 12.8. The molecule has 1 atom stereocenters. The van der Waals surface area contributed by atoms with Crippen molar-refractivity contribution in [2.24, 2.45) is 0 Å². The lowest BCUT2D eigenvalue weighted by molar-refractivity contribution is 0.0293. The highest BCUT2D eigenvalue weighted by Crippen LogP contribution is 2.22. The van der Waals surface area contributed by atoms with E-state index in [9.17, 15) is 4.79 Å². The molecule has 1 aromatic rings. The van der Waals surface area contributed by atoms with Gasteiger partial charge < -0.3 is 15.0 Å². The number of carbonyl (C=O) groups is 1. The predicted octanol–water partition coefficient (Wildman–Crippen LogP) is 3.16. The summed E-state index contributed by atoms with van der Waals surface area (Å²) in [5, 5.41) is 3.76. The van der Waals surface area contributed by atoms with Crippen molar-refractivity contribution >= 4 is 23.4 Å². The second-order valence-electron chi connectivity index (χ2n) is 5.90. The molecule has 0 saturated carbocycles. The summed E-state index contributed by atoms with van der Waals surface area (Å²) < 4.78 is 5.36. The Bertz CT molecular complexity index is 488. The summed E-state index contributed by atoms with van der Waals surface area (Å²) in [4.78, 5) is 17.7. The molecule has 1 unspecified atom stereocenters. The number of nitrogens with one attached hydrogen (secondary N) is 1. The average Bonchev–Trinajstić information content (AvgIpc) is 2.79. The fraction of sp³-hybridized carbons (Fsp3) is 0.571. The first-order valence-corrected chi connectivity index (χ1v) is 7.08. The standard InChI is InChI=1S/C14H20ClN3O2/c1-14(2,3)20-13(19)18-8-6-10(9-18)17-11-5-4-7-16-12(11)15/h4-5,7,10,17H,6,8-9H2,1-3H3. The molecule has 1 aromatic heterocycles. The molecule has 1 amide bonds. The molecule has 1 aliphatic rings. The van der Waals surface area contributed by atoms with Crippen LogP contribution in [-0.4, -0.2) is 40.7 Å². The van der Waals surface area contributed by atoms with E-state index in [4.69, 9.17) is 16.3 Å². The van der Waals surface area contributed by atoms with Crippen LogP contribution in [-0.2, 0) is 4.74 Å². The van der Waals surface area contributed by atoms with Gasteiger partial charge in [0.15, 0.2) is 5.15 Å². The average molecular weight is 298 g/mol. The second kappa shape index (κ2) is 5.87. The molecular weight excluding hydrogens is 278 g/mol. The van der Waals surface area contributed by atoms with Gasteiger partial charge >= 0.3 is 6.09 Å². The van der Waals surface area contributed by atoms with E-state index in [2.05, 4.69) is 10.3 Å². The fourth-order valence-electron chi connectivity index (χ4n) is 2.08. The van der Waals surface area contributed by atoms with E-state index in [1.54, 1.807) is 11.1 Å². The molecule has 0 radical (unpaired) electrons. The molecule has 110 valence electrons. The summed E-state index contributed by atoms with van der Waals surface area (Å²) in [6.45, 7) is 6.90. The van der Waals surface area contributed by atoms with Crippen LogP contribution in [0.1, 0.15) is 27.2 Å². The maximum atomic E-state index is 12.0. The van der Waals surface area contributed by atoms with Crippen LogP contribution in [0.4, 0.5) is 10.5 Å². The van der Waals surface area contributed by atoms with Gasteiger partial charge in [-0.05, 0) is 39.3 Å². The van der Waals surface area contributed by atoms with E-state index in [0.29, 0.717) is 18.2 Å². The van der Waals surface area contributed by atoms with Gasteiger partial charge in [0.05, 0.1) is 5.69 Å². The summed E-state index contributed by atoms with van der Waals surface area (Å²) in [6, 6.07) is 3.88. The summed E-state index contributed by atoms with van der Waals surface area (Å²) in [5.74, 6) is 0. The molecule has 5 nitrogen and oxygen atoms in total. The Morgan fingerprint density at radius 3 is 2.95 bits per heavy atom. The van der Waals surface area contributed by atoms with Crippen LogP contribution in [0.5, 0.6) is 0 Å². The van der Waals surface area contributed by atoms with Crippen LogP contribution in [0.25, 0.3) is 0 Å². The van der Waals surface area contributed by atoms with Crippen LogP contribution in [0.15, 0.2) is 18.3 Å². The van der Waals surface area contributed by atoms with Gasteiger partial charge in [-0.15, -0.1) is 0 Å². The Morgan fingerprint density at radius 2 is 2.30 bits per heavy atom. The van der Waals surface area contributed by atoms with Crippen LogP contribution < -0.4 is 5.32 Å². The van der Waals surface area contributed by atoms with Gasteiger partial charge in [0.1, 0.15) is 5.60 Å². The number of halogens is 1. The third-order valence-corrected chi connectivity index (χ3v) is 3.26. The van der Waals surface area contributed by atoms with Crippen LogP contribution in [0, 0.1) is 0 Å². The van der Waals surface area contributed by atoms with Gasteiger partial charge in [-0.3, -0.25) is 0 Å². The van der Waals surface area contributed by atoms with Gasteiger partial charge in [0, 0.05) is 25.3 Å². The van der Waals surface area contributed by atoms with Crippen LogP contribution in [0.2, 0.25) is 5.15 Å². The minimum absolute atomic E-state index is 0.171. The van der Waals surface area contributed by atoms with Crippen molar-refractivity contribution in [2.75, 3.05) is 18.4 Å². The predicted molar refractivity (Wildman–Crippen MR) is 79.1 cm³/mol. The molecule has 1 N–H and O–H groups in total. The summed E-state index contributed by atoms with van der Waals surface area (Å²) in [6.07, 6.45) is 2.25. The molecule has 2 heterocycles. The Morgan fingerprint density at radius 1 is 1.55 bits per heavy atom. The van der Waals surface area contributed by atoms with Gasteiger partial charge in [-0.2, -0.15) is 0 Å². The number of pyridine rings is 1. The third-order valence-electron chi connectivity index (χ3n) is 2.96. The molecule has 2 rings (SSSR count). The quantitative estimate of drug-likeness (QED) is 0.852. The van der Waals surface area contributed by atoms with E-state index in [1.807, 2.05) is 32.9 Å². The highest BCUT2D eigenvalue weighted by atomic mass is 35.5. The number of carbonyl (C=O) groups excluding carboxylic acids is 1. The van der Waals surface area contributed by atoms with E-state index >= 15 is 0 Å². The molecule has 1 aliphatic heterocycles. The van der Waals surface area contributed by atoms with Gasteiger partial charge in [-0.1, -0.05) is 11.6 Å². The van der Waals surface area contributed by atoms with Gasteiger partial charge in [-0.25, -0.2) is 9.78 Å². The van der Waals surface area contributed by atoms with Crippen molar-refractivity contribution in [1.82, 2.24) is 9.88 Å². The topological polar surface area (TPSA) is 54.5 Å². The first-order chi connectivity index (χ1) is 9.35. The number of nitrogens with zero attached hydrogens (tertiary/aromatic N) is 2. The zero-order valence-electron chi connectivity index (χ0n) is 12.0. The minimum Gasteiger partial charge on any atom is -0.444 e.